The Hall–Kier alpha value is -1.87. The molecule has 0 bridgehead atoms. The first-order valence-corrected chi connectivity index (χ1v) is 6.70. The Labute approximate surface area is 113 Å². The lowest BCUT2D eigenvalue weighted by Gasteiger charge is -2.34. The van der Waals surface area contributed by atoms with Crippen molar-refractivity contribution >= 4 is 11.5 Å². The molecule has 3 nitrogen and oxygen atoms in total. The van der Waals surface area contributed by atoms with Crippen LogP contribution in [0.15, 0.2) is 42.6 Å². The van der Waals surface area contributed by atoms with Crippen LogP contribution in [-0.4, -0.2) is 16.6 Å². The Bertz CT molecular complexity index is 582. The van der Waals surface area contributed by atoms with E-state index in [0.717, 1.165) is 24.3 Å². The van der Waals surface area contributed by atoms with Gasteiger partial charge in [0.1, 0.15) is 5.82 Å². The smallest absolute Gasteiger partial charge is 0.138 e. The van der Waals surface area contributed by atoms with Gasteiger partial charge in [0.05, 0.1) is 6.61 Å². The van der Waals surface area contributed by atoms with E-state index in [4.69, 9.17) is 0 Å². The number of anilines is 2. The first-order chi connectivity index (χ1) is 9.29. The van der Waals surface area contributed by atoms with Gasteiger partial charge in [-0.05, 0) is 30.0 Å². The molecule has 1 N–H and O–H groups in total. The van der Waals surface area contributed by atoms with Crippen molar-refractivity contribution < 1.29 is 5.11 Å². The van der Waals surface area contributed by atoms with Crippen LogP contribution in [0, 0.1) is 5.92 Å². The van der Waals surface area contributed by atoms with Gasteiger partial charge in [0, 0.05) is 24.0 Å². The molecule has 0 fully saturated rings. The summed E-state index contributed by atoms with van der Waals surface area (Å²) in [6.45, 7) is 3.22. The highest BCUT2D eigenvalue weighted by Gasteiger charge is 2.24. The van der Waals surface area contributed by atoms with Gasteiger partial charge in [0.15, 0.2) is 0 Å². The van der Waals surface area contributed by atoms with E-state index in [-0.39, 0.29) is 6.61 Å². The second-order valence-electron chi connectivity index (χ2n) is 5.19. The first kappa shape index (κ1) is 12.2. The van der Waals surface area contributed by atoms with E-state index < -0.39 is 0 Å². The molecule has 0 aliphatic carbocycles. The number of rotatable bonds is 2. The molecule has 0 radical (unpaired) electrons. The number of aromatic nitrogens is 1. The maximum atomic E-state index is 9.50. The molecule has 1 aliphatic heterocycles. The molecule has 3 heteroatoms. The number of para-hydroxylation sites is 1. The van der Waals surface area contributed by atoms with Gasteiger partial charge in [-0.25, -0.2) is 4.98 Å². The zero-order chi connectivity index (χ0) is 13.2. The largest absolute Gasteiger partial charge is 0.392 e. The van der Waals surface area contributed by atoms with Crippen molar-refractivity contribution in [3.63, 3.8) is 0 Å². The lowest BCUT2D eigenvalue weighted by atomic mass is 9.93. The third-order valence-corrected chi connectivity index (χ3v) is 3.64. The molecule has 2 heterocycles. The molecule has 0 spiro atoms. The van der Waals surface area contributed by atoms with E-state index in [2.05, 4.69) is 41.1 Å². The van der Waals surface area contributed by atoms with Crippen LogP contribution in [0.4, 0.5) is 11.5 Å². The molecular weight excluding hydrogens is 236 g/mol. The highest BCUT2D eigenvalue weighted by atomic mass is 16.3. The van der Waals surface area contributed by atoms with Gasteiger partial charge in [0.25, 0.3) is 0 Å². The quantitative estimate of drug-likeness (QED) is 0.895. The summed E-state index contributed by atoms with van der Waals surface area (Å²) in [5, 5.41) is 9.50. The van der Waals surface area contributed by atoms with Crippen LogP contribution in [0.2, 0.25) is 0 Å². The first-order valence-electron chi connectivity index (χ1n) is 6.70. The highest BCUT2D eigenvalue weighted by Crippen LogP contribution is 2.35. The Kier molecular flexibility index (Phi) is 3.22. The van der Waals surface area contributed by atoms with Crippen LogP contribution < -0.4 is 4.90 Å². The van der Waals surface area contributed by atoms with E-state index in [1.807, 2.05) is 12.1 Å². The molecule has 1 atom stereocenters. The van der Waals surface area contributed by atoms with Gasteiger partial charge in [0.2, 0.25) is 0 Å². The summed E-state index contributed by atoms with van der Waals surface area (Å²) in [5.74, 6) is 1.47. The SMILES string of the molecule is CC1Cc2ccccc2N(c2ncccc2CO)C1. The lowest BCUT2D eigenvalue weighted by molar-refractivity contribution is 0.281. The number of hydrogen-bond acceptors (Lipinski definition) is 3. The number of fused-ring (bicyclic) bond motifs is 1. The highest BCUT2D eigenvalue weighted by molar-refractivity contribution is 5.67. The molecule has 3 rings (SSSR count). The molecule has 0 saturated heterocycles. The molecule has 1 aliphatic rings. The van der Waals surface area contributed by atoms with Crippen molar-refractivity contribution in [2.75, 3.05) is 11.4 Å². The van der Waals surface area contributed by atoms with E-state index >= 15 is 0 Å². The van der Waals surface area contributed by atoms with Crippen molar-refractivity contribution in [2.45, 2.75) is 20.0 Å². The second-order valence-corrected chi connectivity index (χ2v) is 5.19. The number of nitrogens with zero attached hydrogens (tertiary/aromatic N) is 2. The number of benzene rings is 1. The summed E-state index contributed by atoms with van der Waals surface area (Å²) in [6, 6.07) is 12.3. The van der Waals surface area contributed by atoms with Gasteiger partial charge in [-0.1, -0.05) is 31.2 Å². The summed E-state index contributed by atoms with van der Waals surface area (Å²) >= 11 is 0. The van der Waals surface area contributed by atoms with Crippen LogP contribution in [0.3, 0.4) is 0 Å². The molecular formula is C16H18N2O. The molecule has 1 aromatic carbocycles. The molecule has 0 saturated carbocycles. The predicted octanol–water partition coefficient (Wildman–Crippen LogP) is 2.90. The van der Waals surface area contributed by atoms with Crippen molar-refractivity contribution in [2.24, 2.45) is 5.92 Å². The maximum absolute atomic E-state index is 9.50. The van der Waals surface area contributed by atoms with E-state index in [1.165, 1.54) is 11.3 Å². The minimum atomic E-state index is 0.0240. The summed E-state index contributed by atoms with van der Waals surface area (Å²) in [5.41, 5.74) is 3.45. The summed E-state index contributed by atoms with van der Waals surface area (Å²) in [7, 11) is 0. The van der Waals surface area contributed by atoms with Crippen molar-refractivity contribution in [3.8, 4) is 0 Å². The Morgan fingerprint density at radius 1 is 1.26 bits per heavy atom. The van der Waals surface area contributed by atoms with Crippen molar-refractivity contribution in [1.29, 1.82) is 0 Å². The van der Waals surface area contributed by atoms with E-state index in [1.54, 1.807) is 6.20 Å². The zero-order valence-corrected chi connectivity index (χ0v) is 11.1. The van der Waals surface area contributed by atoms with Gasteiger partial charge in [-0.15, -0.1) is 0 Å². The average Bonchev–Trinajstić information content (AvgIpc) is 2.46. The Morgan fingerprint density at radius 3 is 2.95 bits per heavy atom. The molecule has 2 aromatic rings. The lowest BCUT2D eigenvalue weighted by Crippen LogP contribution is -2.31. The maximum Gasteiger partial charge on any atom is 0.138 e. The number of hydrogen-bond donors (Lipinski definition) is 1. The van der Waals surface area contributed by atoms with E-state index in [9.17, 15) is 5.11 Å². The van der Waals surface area contributed by atoms with Crippen molar-refractivity contribution in [1.82, 2.24) is 4.98 Å². The fourth-order valence-electron chi connectivity index (χ4n) is 2.79. The summed E-state index contributed by atoms with van der Waals surface area (Å²) < 4.78 is 0. The predicted molar refractivity (Wildman–Crippen MR) is 76.5 cm³/mol. The van der Waals surface area contributed by atoms with Crippen LogP contribution in [0.25, 0.3) is 0 Å². The van der Waals surface area contributed by atoms with Crippen LogP contribution in [-0.2, 0) is 13.0 Å². The van der Waals surface area contributed by atoms with Gasteiger partial charge in [-0.2, -0.15) is 0 Å². The minimum absolute atomic E-state index is 0.0240. The number of aliphatic hydroxyl groups excluding tert-OH is 1. The number of pyridine rings is 1. The Balaban J connectivity index is 2.10. The fraction of sp³-hybridized carbons (Fsp3) is 0.312. The van der Waals surface area contributed by atoms with E-state index in [0.29, 0.717) is 5.92 Å². The molecule has 98 valence electrons. The minimum Gasteiger partial charge on any atom is -0.392 e. The van der Waals surface area contributed by atoms with Crippen LogP contribution in [0.5, 0.6) is 0 Å². The van der Waals surface area contributed by atoms with Gasteiger partial charge < -0.3 is 10.0 Å². The Morgan fingerprint density at radius 2 is 2.11 bits per heavy atom. The molecule has 19 heavy (non-hydrogen) atoms. The van der Waals surface area contributed by atoms with Crippen LogP contribution in [0.1, 0.15) is 18.1 Å². The molecule has 0 amide bonds. The third kappa shape index (κ3) is 2.22. The standard InChI is InChI=1S/C16H18N2O/c1-12-9-13-5-2-3-7-15(13)18(10-12)16-14(11-19)6-4-8-17-16/h2-8,12,19H,9-11H2,1H3. The van der Waals surface area contributed by atoms with Crippen molar-refractivity contribution in [3.05, 3.63) is 53.7 Å². The second kappa shape index (κ2) is 5.02. The average molecular weight is 254 g/mol. The summed E-state index contributed by atoms with van der Waals surface area (Å²) in [4.78, 5) is 6.70. The van der Waals surface area contributed by atoms with Gasteiger partial charge >= 0.3 is 0 Å². The third-order valence-electron chi connectivity index (χ3n) is 3.64. The summed E-state index contributed by atoms with van der Waals surface area (Å²) in [6.07, 6.45) is 2.89. The number of aliphatic hydroxyl groups is 1. The molecule has 1 aromatic heterocycles. The fourth-order valence-corrected chi connectivity index (χ4v) is 2.79. The topological polar surface area (TPSA) is 36.4 Å². The van der Waals surface area contributed by atoms with Crippen LogP contribution >= 0.6 is 0 Å². The molecule has 1 unspecified atom stereocenters. The normalized spacial score (nSPS) is 18.2. The zero-order valence-electron chi connectivity index (χ0n) is 11.1. The van der Waals surface area contributed by atoms with Gasteiger partial charge in [-0.3, -0.25) is 0 Å². The monoisotopic (exact) mass is 254 g/mol.